The van der Waals surface area contributed by atoms with E-state index in [-0.39, 0.29) is 0 Å². The van der Waals surface area contributed by atoms with Gasteiger partial charge in [0.15, 0.2) is 0 Å². The van der Waals surface area contributed by atoms with Crippen LogP contribution in [0.2, 0.25) is 39.3 Å². The summed E-state index contributed by atoms with van der Waals surface area (Å²) < 4.78 is 9.30. The number of thiophene rings is 1. The first-order valence-corrected chi connectivity index (χ1v) is 34.4. The molecule has 0 atom stereocenters. The van der Waals surface area contributed by atoms with E-state index in [2.05, 4.69) is 280 Å². The summed E-state index contributed by atoms with van der Waals surface area (Å²) in [6.45, 7) is 14.6. The molecule has 12 rings (SSSR count). The summed E-state index contributed by atoms with van der Waals surface area (Å²) in [4.78, 5) is 4.77. The molecule has 12 aromatic rings. The minimum atomic E-state index is -1.76. The maximum atomic E-state index is 6.79. The second-order valence-electron chi connectivity index (χ2n) is 21.9. The van der Waals surface area contributed by atoms with E-state index >= 15 is 0 Å². The van der Waals surface area contributed by atoms with Crippen LogP contribution in [0.15, 0.2) is 229 Å². The van der Waals surface area contributed by atoms with Gasteiger partial charge in [-0.15, -0.1) is 0 Å². The molecule has 6 heteroatoms. The van der Waals surface area contributed by atoms with Gasteiger partial charge in [0.1, 0.15) is 0 Å². The minimum absolute atomic E-state index is 0.854. The molecule has 0 bridgehead atoms. The first-order chi connectivity index (χ1) is 34.9. The Kier molecular flexibility index (Phi) is 11.4. The van der Waals surface area contributed by atoms with Crippen LogP contribution in [0.5, 0.6) is 0 Å². The average Bonchev–Trinajstić information content (AvgIpc) is 3.95. The standard InChI is InChI=1S/C66H58N2OSSi2/c1-71(2,3)56-31-22-47(23-32-56)60(39-45-15-9-7-10-16-45)49-24-37-63-61(41-49)58-35-28-54(43-64(58)69-63)68(52-25-21-46-17-13-14-18-48(46)40-52)53-30-38-65-62(42-53)59-36-29-55(44-66(59)70-65)67(50-19-11-8-12-20-50)51-26-33-57(34-27-51)72(4,5)6/h7-44,71-72H,1-6H3/q-2/b60-39-. The summed E-state index contributed by atoms with van der Waals surface area (Å²) in [5.74, 6) is 0. The second-order valence-corrected chi connectivity index (χ2v) is 34.7. The number of fused-ring (bicyclic) bond motifs is 7. The van der Waals surface area contributed by atoms with E-state index in [1.807, 2.05) is 11.3 Å². The van der Waals surface area contributed by atoms with Gasteiger partial charge in [-0.3, -0.25) is 0 Å². The van der Waals surface area contributed by atoms with Gasteiger partial charge in [-0.2, -0.15) is 0 Å². The van der Waals surface area contributed by atoms with Crippen LogP contribution in [-0.2, 0) is 0 Å². The Balaban J connectivity index is 0.955. The fraction of sp³-hybridized carbons (Fsp3) is 0.0909. The molecular weight excluding hydrogens is 925 g/mol. The summed E-state index contributed by atoms with van der Waals surface area (Å²) in [6, 6.07) is 82.7. The molecule has 0 radical (unpaired) electrons. The van der Waals surface area contributed by atoms with E-state index in [1.54, 1.807) is 0 Å². The molecule has 3 nitrogen and oxygen atoms in total. The second kappa shape index (κ2) is 18.1. The molecule has 0 aliphatic rings. The van der Waals surface area contributed by atoms with Crippen LogP contribution >= 0.6 is 11.3 Å². The molecule has 0 saturated carbocycles. The molecular formula is C66H58N2OSSi2-2. The van der Waals surface area contributed by atoms with Crippen molar-refractivity contribution in [2.24, 2.45) is 0 Å². The zero-order chi connectivity index (χ0) is 49.1. The molecule has 0 aliphatic carbocycles. The molecule has 0 fully saturated rings. The van der Waals surface area contributed by atoms with Crippen LogP contribution in [0, 0.1) is 0 Å². The monoisotopic (exact) mass is 982 g/mol. The fourth-order valence-corrected chi connectivity index (χ4v) is 14.2. The van der Waals surface area contributed by atoms with Crippen LogP contribution in [0.3, 0.4) is 0 Å². The van der Waals surface area contributed by atoms with E-state index in [0.717, 1.165) is 61.6 Å². The van der Waals surface area contributed by atoms with Crippen LogP contribution in [-0.4, -0.2) is 16.1 Å². The quantitative estimate of drug-likeness (QED) is 0.0951. The van der Waals surface area contributed by atoms with Gasteiger partial charge >= 0.3 is 367 Å². The van der Waals surface area contributed by atoms with Crippen molar-refractivity contribution >= 4 is 137 Å². The van der Waals surface area contributed by atoms with Crippen molar-refractivity contribution in [3.8, 4) is 0 Å². The molecule has 2 aromatic heterocycles. The third kappa shape index (κ3) is 8.66. The molecule has 72 heavy (non-hydrogen) atoms. The van der Waals surface area contributed by atoms with E-state index in [0.29, 0.717) is 0 Å². The summed E-state index contributed by atoms with van der Waals surface area (Å²) in [6.07, 6.45) is 2.31. The topological polar surface area (TPSA) is 19.6 Å². The average molecular weight is 983 g/mol. The number of rotatable bonds is 11. The number of benzene rings is 10. The molecule has 0 N–H and O–H groups in total. The molecule has 354 valence electrons. The predicted octanol–water partition coefficient (Wildman–Crippen LogP) is 18.2. The normalized spacial score (nSPS) is 12.8. The Hall–Kier alpha value is -7.75. The van der Waals surface area contributed by atoms with Gasteiger partial charge in [0, 0.05) is 5.69 Å². The molecule has 0 amide bonds. The van der Waals surface area contributed by atoms with E-state index in [9.17, 15) is 0 Å². The van der Waals surface area contributed by atoms with Crippen LogP contribution < -0.4 is 20.2 Å². The Morgan fingerprint density at radius 2 is 0.917 bits per heavy atom. The number of anilines is 6. The van der Waals surface area contributed by atoms with Gasteiger partial charge in [-0.25, -0.2) is 0 Å². The Bertz CT molecular complexity index is 3990. The summed E-state index contributed by atoms with van der Waals surface area (Å²) in [5, 5.41) is 10.1. The predicted molar refractivity (Wildman–Crippen MR) is 322 cm³/mol. The maximum absolute atomic E-state index is 6.79. The Morgan fingerprint density at radius 1 is 0.375 bits per heavy atom. The van der Waals surface area contributed by atoms with Gasteiger partial charge < -0.3 is 4.90 Å². The van der Waals surface area contributed by atoms with Crippen LogP contribution in [0.25, 0.3) is 64.5 Å². The SMILES string of the molecule is C[SiH-](C)(C)c1ccc(/C(=C/c2ccccc2)c2ccc3oc4cc(N(c5ccc6ccccc6c5)c5ccc6sc7cc(N(c8ccccc8)c8ccc([SiH-](C)(C)C)cc8)ccc7c6c5)ccc4c3c2)cc1. The van der Waals surface area contributed by atoms with Gasteiger partial charge in [0.05, 0.1) is 0 Å². The number of para-hydroxylation sites is 1. The van der Waals surface area contributed by atoms with Crippen molar-refractivity contribution in [1.82, 2.24) is 0 Å². The fourth-order valence-electron chi connectivity index (χ4n) is 10.4. The Morgan fingerprint density at radius 3 is 1.64 bits per heavy atom. The zero-order valence-electron chi connectivity index (χ0n) is 41.8. The van der Waals surface area contributed by atoms with Crippen LogP contribution in [0.4, 0.5) is 34.1 Å². The van der Waals surface area contributed by atoms with Gasteiger partial charge in [-0.05, 0) is 22.9 Å². The summed E-state index contributed by atoms with van der Waals surface area (Å²) in [5.41, 5.74) is 13.1. The van der Waals surface area contributed by atoms with Crippen molar-refractivity contribution in [2.45, 2.75) is 39.3 Å². The van der Waals surface area contributed by atoms with Crippen LogP contribution in [0.1, 0.15) is 16.7 Å². The molecule has 0 unspecified atom stereocenters. The first kappa shape index (κ1) is 45.4. The Labute approximate surface area is 428 Å². The third-order valence-electron chi connectivity index (χ3n) is 14.5. The van der Waals surface area contributed by atoms with Crippen molar-refractivity contribution in [1.29, 1.82) is 0 Å². The third-order valence-corrected chi connectivity index (χ3v) is 20.4. The number of hydrogen-bond donors (Lipinski definition) is 0. The van der Waals surface area contributed by atoms with Gasteiger partial charge in [-0.1, -0.05) is 30.3 Å². The summed E-state index contributed by atoms with van der Waals surface area (Å²) >= 11 is 1.86. The zero-order valence-corrected chi connectivity index (χ0v) is 44.9. The number of hydrogen-bond acceptors (Lipinski definition) is 4. The molecule has 0 aliphatic heterocycles. The number of furan rings is 1. The van der Waals surface area contributed by atoms with Crippen molar-refractivity contribution in [3.05, 3.63) is 241 Å². The van der Waals surface area contributed by atoms with Crippen molar-refractivity contribution in [2.75, 3.05) is 9.80 Å². The molecule has 0 spiro atoms. The van der Waals surface area contributed by atoms with Crippen molar-refractivity contribution in [3.63, 3.8) is 0 Å². The number of nitrogens with zero attached hydrogens (tertiary/aromatic N) is 2. The molecule has 0 saturated heterocycles. The van der Waals surface area contributed by atoms with E-state index < -0.39 is 16.1 Å². The summed E-state index contributed by atoms with van der Waals surface area (Å²) in [7, 11) is -3.52. The first-order valence-electron chi connectivity index (χ1n) is 25.5. The van der Waals surface area contributed by atoms with Gasteiger partial charge in [0.25, 0.3) is 0 Å². The van der Waals surface area contributed by atoms with E-state index in [4.69, 9.17) is 4.42 Å². The van der Waals surface area contributed by atoms with E-state index in [1.165, 1.54) is 58.0 Å². The molecule has 2 heterocycles. The molecule has 10 aromatic carbocycles. The van der Waals surface area contributed by atoms with Crippen molar-refractivity contribution < 1.29 is 4.42 Å². The van der Waals surface area contributed by atoms with Gasteiger partial charge in [0.2, 0.25) is 0 Å².